The molecule has 0 atom stereocenters. The van der Waals surface area contributed by atoms with Gasteiger partial charge in [-0.2, -0.15) is 0 Å². The summed E-state index contributed by atoms with van der Waals surface area (Å²) in [5.41, 5.74) is 12.4. The topological polar surface area (TPSA) is 65.0 Å². The van der Waals surface area contributed by atoms with Crippen molar-refractivity contribution in [2.45, 2.75) is 0 Å². The predicted octanol–water partition coefficient (Wildman–Crippen LogP) is 13.7. The first kappa shape index (κ1) is 31.9. The highest BCUT2D eigenvalue weighted by atomic mass is 16.3. The molecule has 3 aromatic heterocycles. The number of para-hydroxylation sites is 2. The van der Waals surface area contributed by atoms with Crippen LogP contribution in [0.1, 0.15) is 0 Å². The van der Waals surface area contributed by atoms with Gasteiger partial charge in [-0.15, -0.1) is 0 Å². The molecular formula is C51H31N3O2. The summed E-state index contributed by atoms with van der Waals surface area (Å²) in [6.07, 6.45) is 0. The molecule has 262 valence electrons. The van der Waals surface area contributed by atoms with Gasteiger partial charge in [-0.25, -0.2) is 15.0 Å². The number of hydrogen-bond donors (Lipinski definition) is 0. The molecule has 11 rings (SSSR count). The second kappa shape index (κ2) is 13.0. The minimum absolute atomic E-state index is 0.544. The van der Waals surface area contributed by atoms with E-state index >= 15 is 0 Å². The van der Waals surface area contributed by atoms with Crippen LogP contribution in [-0.4, -0.2) is 15.0 Å². The van der Waals surface area contributed by atoms with Crippen molar-refractivity contribution in [3.63, 3.8) is 0 Å². The molecule has 3 heterocycles. The minimum atomic E-state index is 0.544. The molecule has 56 heavy (non-hydrogen) atoms. The van der Waals surface area contributed by atoms with E-state index in [0.717, 1.165) is 93.9 Å². The molecule has 0 radical (unpaired) electrons. The fraction of sp³-hybridized carbons (Fsp3) is 0. The van der Waals surface area contributed by atoms with Gasteiger partial charge in [0, 0.05) is 38.2 Å². The lowest BCUT2D eigenvalue weighted by Gasteiger charge is -2.10. The Bertz CT molecular complexity index is 3220. The molecule has 0 saturated heterocycles. The Hall–Kier alpha value is -7.63. The van der Waals surface area contributed by atoms with Crippen molar-refractivity contribution >= 4 is 43.9 Å². The lowest BCUT2D eigenvalue weighted by Crippen LogP contribution is -2.00. The van der Waals surface area contributed by atoms with Crippen molar-refractivity contribution < 1.29 is 8.83 Å². The molecule has 0 bridgehead atoms. The maximum Gasteiger partial charge on any atom is 0.167 e. The first-order valence-electron chi connectivity index (χ1n) is 18.7. The van der Waals surface area contributed by atoms with Crippen LogP contribution in [0.15, 0.2) is 197 Å². The first-order chi connectivity index (χ1) is 27.8. The summed E-state index contributed by atoms with van der Waals surface area (Å²) in [5, 5.41) is 4.16. The molecule has 0 aliphatic rings. The Morgan fingerprint density at radius 2 is 0.750 bits per heavy atom. The number of hydrogen-bond acceptors (Lipinski definition) is 5. The van der Waals surface area contributed by atoms with Gasteiger partial charge in [0.05, 0.1) is 5.56 Å². The second-order valence-corrected chi connectivity index (χ2v) is 13.9. The normalized spacial score (nSPS) is 11.6. The van der Waals surface area contributed by atoms with Gasteiger partial charge in [0.1, 0.15) is 22.3 Å². The molecule has 5 nitrogen and oxygen atoms in total. The van der Waals surface area contributed by atoms with E-state index in [-0.39, 0.29) is 0 Å². The second-order valence-electron chi connectivity index (χ2n) is 13.9. The third-order valence-corrected chi connectivity index (χ3v) is 10.6. The lowest BCUT2D eigenvalue weighted by molar-refractivity contribution is 0.669. The standard InChI is InChI=1S/C51H31N3O2/c1-4-14-32(15-5-1)33-26-28-36(29-27-33)50-52-49(35-18-8-3-9-19-35)53-51(54-50)42-23-12-22-41-45-38(21-13-25-44(45)56-47(41)42)39-31-30-37(34-16-6-2-7-17-34)48-46(39)40-20-10-11-24-43(40)55-48/h1-31H. The van der Waals surface area contributed by atoms with Gasteiger partial charge < -0.3 is 8.83 Å². The smallest absolute Gasteiger partial charge is 0.167 e. The first-order valence-corrected chi connectivity index (χ1v) is 18.7. The fourth-order valence-corrected chi connectivity index (χ4v) is 7.93. The Balaban J connectivity index is 1.11. The minimum Gasteiger partial charge on any atom is -0.455 e. The molecule has 0 spiro atoms. The average molecular weight is 718 g/mol. The number of aromatic nitrogens is 3. The molecule has 8 aromatic carbocycles. The molecular weight excluding hydrogens is 687 g/mol. The van der Waals surface area contributed by atoms with E-state index in [9.17, 15) is 0 Å². The summed E-state index contributed by atoms with van der Waals surface area (Å²) in [4.78, 5) is 15.2. The number of nitrogens with zero attached hydrogens (tertiary/aromatic N) is 3. The number of benzene rings is 8. The molecule has 0 aliphatic heterocycles. The number of rotatable bonds is 6. The highest BCUT2D eigenvalue weighted by molar-refractivity contribution is 6.22. The van der Waals surface area contributed by atoms with Crippen LogP contribution < -0.4 is 0 Å². The average Bonchev–Trinajstić information content (AvgIpc) is 3.86. The van der Waals surface area contributed by atoms with Crippen LogP contribution in [0.25, 0.3) is 111 Å². The van der Waals surface area contributed by atoms with Gasteiger partial charge in [0.25, 0.3) is 0 Å². The Morgan fingerprint density at radius 3 is 1.50 bits per heavy atom. The summed E-state index contributed by atoms with van der Waals surface area (Å²) < 4.78 is 13.4. The predicted molar refractivity (Wildman–Crippen MR) is 227 cm³/mol. The van der Waals surface area contributed by atoms with E-state index < -0.39 is 0 Å². The lowest BCUT2D eigenvalue weighted by atomic mass is 9.92. The molecule has 0 N–H and O–H groups in total. The summed E-state index contributed by atoms with van der Waals surface area (Å²) >= 11 is 0. The summed E-state index contributed by atoms with van der Waals surface area (Å²) in [7, 11) is 0. The van der Waals surface area contributed by atoms with Gasteiger partial charge >= 0.3 is 0 Å². The van der Waals surface area contributed by atoms with Crippen LogP contribution in [0.4, 0.5) is 0 Å². The quantitative estimate of drug-likeness (QED) is 0.171. The molecule has 5 heteroatoms. The SMILES string of the molecule is c1ccc(-c2ccc(-c3nc(-c4ccccc4)nc(-c4cccc5c4oc4cccc(-c6ccc(-c7ccccc7)c7oc8ccccc8c67)c45)n3)cc2)cc1. The molecule has 0 unspecified atom stereocenters. The van der Waals surface area contributed by atoms with E-state index in [1.54, 1.807) is 0 Å². The zero-order valence-electron chi connectivity index (χ0n) is 30.1. The van der Waals surface area contributed by atoms with Crippen molar-refractivity contribution in [3.8, 4) is 67.5 Å². The van der Waals surface area contributed by atoms with E-state index in [1.807, 2.05) is 66.7 Å². The van der Waals surface area contributed by atoms with Gasteiger partial charge in [0.2, 0.25) is 0 Å². The molecule has 11 aromatic rings. The van der Waals surface area contributed by atoms with Gasteiger partial charge in [-0.05, 0) is 52.1 Å². The third-order valence-electron chi connectivity index (χ3n) is 10.6. The Labute approximate surface area is 322 Å². The van der Waals surface area contributed by atoms with Gasteiger partial charge in [-0.3, -0.25) is 0 Å². The highest BCUT2D eigenvalue weighted by Gasteiger charge is 2.22. The van der Waals surface area contributed by atoms with Crippen LogP contribution in [0.2, 0.25) is 0 Å². The Kier molecular flexibility index (Phi) is 7.42. The van der Waals surface area contributed by atoms with E-state index in [0.29, 0.717) is 17.5 Å². The van der Waals surface area contributed by atoms with Gasteiger partial charge in [-0.1, -0.05) is 164 Å². The van der Waals surface area contributed by atoms with Crippen molar-refractivity contribution in [1.29, 1.82) is 0 Å². The molecule has 0 saturated carbocycles. The van der Waals surface area contributed by atoms with E-state index in [4.69, 9.17) is 23.8 Å². The van der Waals surface area contributed by atoms with Crippen LogP contribution in [0.3, 0.4) is 0 Å². The number of furan rings is 2. The molecule has 0 amide bonds. The maximum absolute atomic E-state index is 6.81. The van der Waals surface area contributed by atoms with E-state index in [2.05, 4.69) is 121 Å². The van der Waals surface area contributed by atoms with Crippen molar-refractivity contribution in [3.05, 3.63) is 188 Å². The third kappa shape index (κ3) is 5.29. The maximum atomic E-state index is 6.81. The Morgan fingerprint density at radius 1 is 0.268 bits per heavy atom. The zero-order chi connectivity index (χ0) is 37.0. The zero-order valence-corrected chi connectivity index (χ0v) is 30.1. The van der Waals surface area contributed by atoms with Crippen molar-refractivity contribution in [2.24, 2.45) is 0 Å². The van der Waals surface area contributed by atoms with Crippen LogP contribution >= 0.6 is 0 Å². The molecule has 0 aliphatic carbocycles. The van der Waals surface area contributed by atoms with Crippen molar-refractivity contribution in [1.82, 2.24) is 15.0 Å². The summed E-state index contributed by atoms with van der Waals surface area (Å²) in [6, 6.07) is 64.4. The van der Waals surface area contributed by atoms with E-state index in [1.165, 1.54) is 0 Å². The van der Waals surface area contributed by atoms with Crippen molar-refractivity contribution in [2.75, 3.05) is 0 Å². The highest BCUT2D eigenvalue weighted by Crippen LogP contribution is 2.46. The summed E-state index contributed by atoms with van der Waals surface area (Å²) in [5.74, 6) is 1.73. The van der Waals surface area contributed by atoms with Crippen LogP contribution in [0.5, 0.6) is 0 Å². The van der Waals surface area contributed by atoms with Crippen LogP contribution in [0, 0.1) is 0 Å². The van der Waals surface area contributed by atoms with Crippen LogP contribution in [-0.2, 0) is 0 Å². The monoisotopic (exact) mass is 717 g/mol. The largest absolute Gasteiger partial charge is 0.455 e. The van der Waals surface area contributed by atoms with Gasteiger partial charge in [0.15, 0.2) is 17.5 Å². The fourth-order valence-electron chi connectivity index (χ4n) is 7.93. The summed E-state index contributed by atoms with van der Waals surface area (Å²) in [6.45, 7) is 0. The number of fused-ring (bicyclic) bond motifs is 6. The molecule has 0 fully saturated rings.